The van der Waals surface area contributed by atoms with Crippen LogP contribution < -0.4 is 11.3 Å². The predicted molar refractivity (Wildman–Crippen MR) is 83.1 cm³/mol. The lowest BCUT2D eigenvalue weighted by Crippen LogP contribution is -2.20. The maximum Gasteiger partial charge on any atom is 0.262 e. The van der Waals surface area contributed by atoms with E-state index in [2.05, 4.69) is 11.1 Å². The summed E-state index contributed by atoms with van der Waals surface area (Å²) in [5, 5.41) is 2.61. The fraction of sp³-hybridized carbons (Fsp3) is 0.200. The van der Waals surface area contributed by atoms with Gasteiger partial charge in [0.2, 0.25) is 0 Å². The highest BCUT2D eigenvalue weighted by Crippen LogP contribution is 2.14. The van der Waals surface area contributed by atoms with Crippen LogP contribution in [0.5, 0.6) is 0 Å². The SMILES string of the molecule is Nc1cccc(CCCn2cnc3sccc3c2=O)c1. The van der Waals surface area contributed by atoms with Gasteiger partial charge in [0.1, 0.15) is 4.83 Å². The molecule has 0 unspecified atom stereocenters. The lowest BCUT2D eigenvalue weighted by atomic mass is 10.1. The molecule has 0 radical (unpaired) electrons. The lowest BCUT2D eigenvalue weighted by molar-refractivity contribution is 0.618. The van der Waals surface area contributed by atoms with E-state index >= 15 is 0 Å². The predicted octanol–water partition coefficient (Wildman–Crippen LogP) is 2.67. The molecule has 2 N–H and O–H groups in total. The Kier molecular flexibility index (Phi) is 3.52. The molecular weight excluding hydrogens is 270 g/mol. The molecular formula is C15H15N3OS. The number of nitrogens with two attached hydrogens (primary N) is 1. The molecule has 0 aliphatic heterocycles. The third-order valence-electron chi connectivity index (χ3n) is 3.27. The Balaban J connectivity index is 1.71. The fourth-order valence-corrected chi connectivity index (χ4v) is 2.98. The second kappa shape index (κ2) is 5.46. The van der Waals surface area contributed by atoms with Crippen molar-refractivity contribution in [1.82, 2.24) is 9.55 Å². The van der Waals surface area contributed by atoms with Crippen LogP contribution in [0.15, 0.2) is 46.8 Å². The molecule has 1 aromatic carbocycles. The van der Waals surface area contributed by atoms with Crippen molar-refractivity contribution in [3.8, 4) is 0 Å². The van der Waals surface area contributed by atoms with E-state index in [1.165, 1.54) is 16.9 Å². The van der Waals surface area contributed by atoms with Gasteiger partial charge in [-0.3, -0.25) is 9.36 Å². The van der Waals surface area contributed by atoms with Gasteiger partial charge in [-0.05, 0) is 42.0 Å². The van der Waals surface area contributed by atoms with Gasteiger partial charge in [-0.25, -0.2) is 4.98 Å². The zero-order chi connectivity index (χ0) is 13.9. The van der Waals surface area contributed by atoms with Gasteiger partial charge in [0, 0.05) is 12.2 Å². The van der Waals surface area contributed by atoms with Crippen LogP contribution >= 0.6 is 11.3 Å². The van der Waals surface area contributed by atoms with Crippen LogP contribution in [0.3, 0.4) is 0 Å². The van der Waals surface area contributed by atoms with E-state index in [-0.39, 0.29) is 5.56 Å². The number of benzene rings is 1. The molecule has 0 amide bonds. The largest absolute Gasteiger partial charge is 0.399 e. The van der Waals surface area contributed by atoms with Crippen LogP contribution in [-0.4, -0.2) is 9.55 Å². The third-order valence-corrected chi connectivity index (χ3v) is 4.09. The number of nitrogens with zero attached hydrogens (tertiary/aromatic N) is 2. The molecule has 102 valence electrons. The number of aromatic nitrogens is 2. The van der Waals surface area contributed by atoms with Crippen molar-refractivity contribution in [3.63, 3.8) is 0 Å². The van der Waals surface area contributed by atoms with Crippen LogP contribution in [0.4, 0.5) is 5.69 Å². The Morgan fingerprint density at radius 1 is 1.30 bits per heavy atom. The van der Waals surface area contributed by atoms with Crippen molar-refractivity contribution in [1.29, 1.82) is 0 Å². The lowest BCUT2D eigenvalue weighted by Gasteiger charge is -2.06. The highest BCUT2D eigenvalue weighted by molar-refractivity contribution is 7.16. The number of hydrogen-bond acceptors (Lipinski definition) is 4. The van der Waals surface area contributed by atoms with Crippen LogP contribution in [0.1, 0.15) is 12.0 Å². The number of rotatable bonds is 4. The topological polar surface area (TPSA) is 60.9 Å². The molecule has 0 aliphatic carbocycles. The maximum atomic E-state index is 12.2. The average molecular weight is 285 g/mol. The van der Waals surface area contributed by atoms with Crippen LogP contribution in [0, 0.1) is 0 Å². The summed E-state index contributed by atoms with van der Waals surface area (Å²) in [6.45, 7) is 0.673. The Morgan fingerprint density at radius 2 is 2.20 bits per heavy atom. The summed E-state index contributed by atoms with van der Waals surface area (Å²) in [5.41, 5.74) is 7.77. The average Bonchev–Trinajstić information content (AvgIpc) is 2.91. The first kappa shape index (κ1) is 12.9. The normalized spacial score (nSPS) is 11.0. The van der Waals surface area contributed by atoms with Gasteiger partial charge in [-0.1, -0.05) is 12.1 Å². The van der Waals surface area contributed by atoms with E-state index in [4.69, 9.17) is 5.73 Å². The second-order valence-electron chi connectivity index (χ2n) is 4.73. The number of anilines is 1. The summed E-state index contributed by atoms with van der Waals surface area (Å²) in [5.74, 6) is 0. The molecule has 3 aromatic rings. The zero-order valence-corrected chi connectivity index (χ0v) is 11.8. The van der Waals surface area contributed by atoms with Crippen LogP contribution in [0.25, 0.3) is 10.2 Å². The first-order valence-corrected chi connectivity index (χ1v) is 7.39. The molecule has 0 bridgehead atoms. The molecule has 0 aliphatic rings. The van der Waals surface area contributed by atoms with Crippen molar-refractivity contribution >= 4 is 27.2 Å². The van der Waals surface area contributed by atoms with Gasteiger partial charge in [-0.2, -0.15) is 0 Å². The van der Waals surface area contributed by atoms with Gasteiger partial charge in [0.15, 0.2) is 0 Å². The summed E-state index contributed by atoms with van der Waals surface area (Å²) in [7, 11) is 0. The molecule has 2 aromatic heterocycles. The number of thiophene rings is 1. The maximum absolute atomic E-state index is 12.2. The van der Waals surface area contributed by atoms with Crippen molar-refractivity contribution in [3.05, 3.63) is 58.0 Å². The van der Waals surface area contributed by atoms with Gasteiger partial charge in [0.25, 0.3) is 5.56 Å². The molecule has 20 heavy (non-hydrogen) atoms. The summed E-state index contributed by atoms with van der Waals surface area (Å²) in [4.78, 5) is 17.3. The fourth-order valence-electron chi connectivity index (χ4n) is 2.25. The number of nitrogen functional groups attached to an aromatic ring is 1. The molecule has 3 rings (SSSR count). The number of hydrogen-bond donors (Lipinski definition) is 1. The minimum absolute atomic E-state index is 0.0452. The van der Waals surface area contributed by atoms with Crippen molar-refractivity contribution < 1.29 is 0 Å². The molecule has 0 saturated carbocycles. The van der Waals surface area contributed by atoms with E-state index < -0.39 is 0 Å². The van der Waals surface area contributed by atoms with Crippen molar-refractivity contribution in [2.45, 2.75) is 19.4 Å². The molecule has 2 heterocycles. The minimum Gasteiger partial charge on any atom is -0.399 e. The van der Waals surface area contributed by atoms with E-state index in [9.17, 15) is 4.79 Å². The molecule has 4 nitrogen and oxygen atoms in total. The van der Waals surface area contributed by atoms with Gasteiger partial charge >= 0.3 is 0 Å². The Morgan fingerprint density at radius 3 is 3.05 bits per heavy atom. The smallest absolute Gasteiger partial charge is 0.262 e. The van der Waals surface area contributed by atoms with Crippen molar-refractivity contribution in [2.24, 2.45) is 0 Å². The van der Waals surface area contributed by atoms with E-state index in [0.717, 1.165) is 23.4 Å². The highest BCUT2D eigenvalue weighted by Gasteiger charge is 2.04. The quantitative estimate of drug-likeness (QED) is 0.750. The molecule has 0 spiro atoms. The minimum atomic E-state index is 0.0452. The zero-order valence-electron chi connectivity index (χ0n) is 11.0. The van der Waals surface area contributed by atoms with Crippen molar-refractivity contribution in [2.75, 3.05) is 5.73 Å². The monoisotopic (exact) mass is 285 g/mol. The number of aryl methyl sites for hydroxylation is 2. The summed E-state index contributed by atoms with van der Waals surface area (Å²) in [6, 6.07) is 9.70. The highest BCUT2D eigenvalue weighted by atomic mass is 32.1. The Labute approximate surface area is 120 Å². The standard InChI is InChI=1S/C15H15N3OS/c16-12-5-1-3-11(9-12)4-2-7-18-10-17-14-13(15(18)19)6-8-20-14/h1,3,5-6,8-10H,2,4,7,16H2. The molecule has 0 saturated heterocycles. The van der Waals surface area contributed by atoms with Crippen LogP contribution in [0.2, 0.25) is 0 Å². The summed E-state index contributed by atoms with van der Waals surface area (Å²) < 4.78 is 1.68. The van der Waals surface area contributed by atoms with Gasteiger partial charge < -0.3 is 5.73 Å². The Hall–Kier alpha value is -2.14. The Bertz CT molecular complexity index is 791. The summed E-state index contributed by atoms with van der Waals surface area (Å²) in [6.07, 6.45) is 3.43. The van der Waals surface area contributed by atoms with Gasteiger partial charge in [-0.15, -0.1) is 11.3 Å². The number of fused-ring (bicyclic) bond motifs is 1. The first-order valence-electron chi connectivity index (χ1n) is 6.51. The van der Waals surface area contributed by atoms with Crippen LogP contribution in [-0.2, 0) is 13.0 Å². The van der Waals surface area contributed by atoms with Gasteiger partial charge in [0.05, 0.1) is 11.7 Å². The van der Waals surface area contributed by atoms with E-state index in [0.29, 0.717) is 11.9 Å². The second-order valence-corrected chi connectivity index (χ2v) is 5.63. The third kappa shape index (κ3) is 2.58. The van der Waals surface area contributed by atoms with E-state index in [1.54, 1.807) is 10.9 Å². The first-order chi connectivity index (χ1) is 9.74. The van der Waals surface area contributed by atoms with E-state index in [1.807, 2.05) is 29.6 Å². The molecule has 0 atom stereocenters. The summed E-state index contributed by atoms with van der Waals surface area (Å²) >= 11 is 1.49. The molecule has 5 heteroatoms. The molecule has 0 fully saturated rings.